The highest BCUT2D eigenvalue weighted by Crippen LogP contribution is 2.50. The Morgan fingerprint density at radius 3 is 2.42 bits per heavy atom. The molecular weight excluding hydrogens is 455 g/mol. The summed E-state index contributed by atoms with van der Waals surface area (Å²) < 4.78 is 19.0. The van der Waals surface area contributed by atoms with Crippen molar-refractivity contribution in [3.8, 4) is 11.1 Å². The third-order valence-corrected chi connectivity index (χ3v) is 6.21. The molecule has 3 aromatic rings. The lowest BCUT2D eigenvalue weighted by Gasteiger charge is -2.53. The first-order valence-corrected chi connectivity index (χ1v) is 10.4. The fraction of sp³-hybridized carbons (Fsp3) is 0.261. The first kappa shape index (κ1) is 22.8. The van der Waals surface area contributed by atoms with E-state index in [4.69, 9.17) is 16.1 Å². The molecule has 1 aliphatic rings. The van der Waals surface area contributed by atoms with Gasteiger partial charge in [0.15, 0.2) is 0 Å². The number of aliphatic carboxylic acids is 1. The third-order valence-electron chi connectivity index (χ3n) is 5.97. The van der Waals surface area contributed by atoms with Gasteiger partial charge in [0.2, 0.25) is 5.76 Å². The van der Waals surface area contributed by atoms with Crippen molar-refractivity contribution in [3.63, 3.8) is 0 Å². The zero-order valence-electron chi connectivity index (χ0n) is 17.2. The van der Waals surface area contributed by atoms with Gasteiger partial charge in [-0.15, -0.1) is 0 Å². The van der Waals surface area contributed by atoms with E-state index in [0.717, 1.165) is 11.6 Å². The van der Waals surface area contributed by atoms with Gasteiger partial charge in [0, 0.05) is 16.1 Å². The minimum atomic E-state index is -1.38. The van der Waals surface area contributed by atoms with Gasteiger partial charge in [-0.25, -0.2) is 4.39 Å². The van der Waals surface area contributed by atoms with Crippen molar-refractivity contribution < 1.29 is 28.7 Å². The molecular formula is C23H20ClFN2O6. The predicted octanol–water partition coefficient (Wildman–Crippen LogP) is 3.00. The zero-order valence-corrected chi connectivity index (χ0v) is 18.0. The van der Waals surface area contributed by atoms with Gasteiger partial charge < -0.3 is 20.1 Å². The van der Waals surface area contributed by atoms with Crippen LogP contribution in [0.4, 0.5) is 4.39 Å². The fourth-order valence-electron chi connectivity index (χ4n) is 4.44. The molecule has 0 atom stereocenters. The number of benzene rings is 2. The number of H-pyrrole nitrogens is 1. The number of rotatable bonds is 7. The third kappa shape index (κ3) is 4.42. The van der Waals surface area contributed by atoms with Crippen molar-refractivity contribution in [1.82, 2.24) is 10.5 Å². The van der Waals surface area contributed by atoms with Gasteiger partial charge in [0.25, 0.3) is 11.5 Å². The van der Waals surface area contributed by atoms with Crippen molar-refractivity contribution in [3.05, 3.63) is 81.0 Å². The number of amides is 1. The quantitative estimate of drug-likeness (QED) is 0.416. The number of halogens is 2. The lowest BCUT2D eigenvalue weighted by molar-refractivity contribution is -0.165. The van der Waals surface area contributed by atoms with Crippen molar-refractivity contribution in [2.24, 2.45) is 5.41 Å². The van der Waals surface area contributed by atoms with Crippen LogP contribution in [0.25, 0.3) is 11.1 Å². The van der Waals surface area contributed by atoms with Crippen LogP contribution in [0.2, 0.25) is 5.02 Å². The van der Waals surface area contributed by atoms with Gasteiger partial charge in [0.05, 0.1) is 18.1 Å². The number of carbonyl (C=O) groups is 2. The van der Waals surface area contributed by atoms with Gasteiger partial charge in [-0.2, -0.15) is 5.16 Å². The largest absolute Gasteiger partial charge is 0.481 e. The minimum absolute atomic E-state index is 0.0170. The number of carboxylic acid groups (broad SMARTS) is 1. The minimum Gasteiger partial charge on any atom is -0.481 e. The van der Waals surface area contributed by atoms with Crippen molar-refractivity contribution >= 4 is 23.5 Å². The predicted molar refractivity (Wildman–Crippen MR) is 116 cm³/mol. The fourth-order valence-corrected chi connectivity index (χ4v) is 4.61. The number of carbonyl (C=O) groups excluding carboxylic acids is 1. The molecule has 1 aromatic heterocycles. The second kappa shape index (κ2) is 8.49. The molecule has 0 saturated heterocycles. The van der Waals surface area contributed by atoms with Gasteiger partial charge in [-0.05, 0) is 48.6 Å². The maximum atomic E-state index is 14.2. The SMILES string of the molecule is O=C(NC1(Cc2ccc(-c3cc(Cl)ccc3F)cc2)CC(CO)(C(=O)O)C1)c1cc(=O)[nH]o1. The molecule has 1 saturated carbocycles. The molecule has 0 aliphatic heterocycles. The zero-order chi connectivity index (χ0) is 23.8. The van der Waals surface area contributed by atoms with Crippen LogP contribution in [0, 0.1) is 11.2 Å². The summed E-state index contributed by atoms with van der Waals surface area (Å²) >= 11 is 5.97. The lowest BCUT2D eigenvalue weighted by atomic mass is 9.55. The summed E-state index contributed by atoms with van der Waals surface area (Å²) in [4.78, 5) is 35.6. The van der Waals surface area contributed by atoms with E-state index < -0.39 is 40.8 Å². The van der Waals surface area contributed by atoms with Crippen molar-refractivity contribution in [1.29, 1.82) is 0 Å². The molecule has 1 aliphatic carbocycles. The Kier molecular flexibility index (Phi) is 5.85. The molecule has 1 heterocycles. The summed E-state index contributed by atoms with van der Waals surface area (Å²) in [6.07, 6.45) is 0.217. The molecule has 0 spiro atoms. The molecule has 1 amide bonds. The van der Waals surface area contributed by atoms with E-state index in [1.807, 2.05) is 5.16 Å². The highest BCUT2D eigenvalue weighted by atomic mass is 35.5. The summed E-state index contributed by atoms with van der Waals surface area (Å²) in [5, 5.41) is 24.4. The van der Waals surface area contributed by atoms with Gasteiger partial charge >= 0.3 is 5.97 Å². The van der Waals surface area contributed by atoms with E-state index in [2.05, 4.69) is 5.32 Å². The first-order valence-electron chi connectivity index (χ1n) is 10.1. The van der Waals surface area contributed by atoms with Crippen LogP contribution in [0.3, 0.4) is 0 Å². The van der Waals surface area contributed by atoms with Gasteiger partial charge in [-0.1, -0.05) is 35.9 Å². The first-order chi connectivity index (χ1) is 15.7. The van der Waals surface area contributed by atoms with E-state index in [9.17, 15) is 29.0 Å². The van der Waals surface area contributed by atoms with E-state index in [0.29, 0.717) is 16.1 Å². The Labute approximate surface area is 192 Å². The standard InChI is InChI=1S/C23H20ClFN2O6/c24-15-5-6-17(25)16(7-15)14-3-1-13(2-4-14)9-23(10-22(11-23,12-28)21(31)32)26-20(30)18-8-19(29)27-33-18/h1-8,28H,9-12H2,(H,26,30)(H,27,29)(H,31,32). The smallest absolute Gasteiger partial charge is 0.312 e. The molecule has 0 bridgehead atoms. The highest BCUT2D eigenvalue weighted by molar-refractivity contribution is 6.30. The Balaban J connectivity index is 1.59. The molecule has 1 fully saturated rings. The average molecular weight is 475 g/mol. The lowest BCUT2D eigenvalue weighted by Crippen LogP contribution is -2.66. The summed E-state index contributed by atoms with van der Waals surface area (Å²) in [5.41, 5.74) is -1.24. The molecule has 172 valence electrons. The number of aromatic amines is 1. The normalized spacial score (nSPS) is 21.9. The van der Waals surface area contributed by atoms with Crippen LogP contribution in [0.15, 0.2) is 57.8 Å². The molecule has 0 unspecified atom stereocenters. The molecule has 4 N–H and O–H groups in total. The van der Waals surface area contributed by atoms with Gasteiger partial charge in [-0.3, -0.25) is 14.4 Å². The number of carboxylic acids is 1. The highest BCUT2D eigenvalue weighted by Gasteiger charge is 2.59. The molecule has 4 rings (SSSR count). The van der Waals surface area contributed by atoms with Crippen molar-refractivity contribution in [2.45, 2.75) is 24.8 Å². The number of hydrogen-bond acceptors (Lipinski definition) is 5. The molecule has 8 nitrogen and oxygen atoms in total. The van der Waals surface area contributed by atoms with E-state index in [-0.39, 0.29) is 25.0 Å². The maximum absolute atomic E-state index is 14.2. The van der Waals surface area contributed by atoms with Crippen LogP contribution in [-0.4, -0.2) is 39.4 Å². The summed E-state index contributed by atoms with van der Waals surface area (Å²) in [6, 6.07) is 12.2. The number of aliphatic hydroxyl groups excluding tert-OH is 1. The summed E-state index contributed by atoms with van der Waals surface area (Å²) in [7, 11) is 0. The van der Waals surface area contributed by atoms with Crippen LogP contribution < -0.4 is 10.9 Å². The molecule has 2 aromatic carbocycles. The maximum Gasteiger partial charge on any atom is 0.312 e. The molecule has 0 radical (unpaired) electrons. The number of aliphatic hydroxyl groups is 1. The average Bonchev–Trinajstić information content (AvgIpc) is 3.20. The number of nitrogens with one attached hydrogen (secondary N) is 2. The number of hydrogen-bond donors (Lipinski definition) is 4. The topological polar surface area (TPSA) is 133 Å². The Hall–Kier alpha value is -3.43. The summed E-state index contributed by atoms with van der Waals surface area (Å²) in [5.74, 6) is -2.49. The van der Waals surface area contributed by atoms with Crippen molar-refractivity contribution in [2.75, 3.05) is 6.61 Å². The Bertz CT molecular complexity index is 1260. The van der Waals surface area contributed by atoms with E-state index in [1.165, 1.54) is 18.2 Å². The second-order valence-corrected chi connectivity index (χ2v) is 8.84. The molecule has 10 heteroatoms. The summed E-state index contributed by atoms with van der Waals surface area (Å²) in [6.45, 7) is -0.577. The second-order valence-electron chi connectivity index (χ2n) is 8.41. The van der Waals surface area contributed by atoms with Gasteiger partial charge in [0.1, 0.15) is 5.82 Å². The Morgan fingerprint density at radius 2 is 1.85 bits per heavy atom. The van der Waals surface area contributed by atoms with Crippen LogP contribution in [0.1, 0.15) is 29.0 Å². The van der Waals surface area contributed by atoms with Crippen LogP contribution >= 0.6 is 11.6 Å². The van der Waals surface area contributed by atoms with Crippen LogP contribution in [0.5, 0.6) is 0 Å². The van der Waals surface area contributed by atoms with E-state index in [1.54, 1.807) is 24.3 Å². The monoisotopic (exact) mass is 474 g/mol. The van der Waals surface area contributed by atoms with Crippen LogP contribution in [-0.2, 0) is 11.2 Å². The molecule has 33 heavy (non-hydrogen) atoms. The Morgan fingerprint density at radius 1 is 1.15 bits per heavy atom. The van der Waals surface area contributed by atoms with E-state index >= 15 is 0 Å². The number of aromatic nitrogens is 1.